The molecule has 7 heteroatoms. The fourth-order valence-electron chi connectivity index (χ4n) is 4.22. The first-order chi connectivity index (χ1) is 15.0. The van der Waals surface area contributed by atoms with Crippen LogP contribution in [0.1, 0.15) is 24.1 Å². The maximum atomic E-state index is 13.6. The van der Waals surface area contributed by atoms with Gasteiger partial charge < -0.3 is 14.3 Å². The molecule has 5 rings (SSSR count). The largest absolute Gasteiger partial charge is 0.490 e. The van der Waals surface area contributed by atoms with Gasteiger partial charge in [0.05, 0.1) is 10.5 Å². The molecule has 2 aromatic heterocycles. The second-order valence-corrected chi connectivity index (χ2v) is 8.19. The Morgan fingerprint density at radius 1 is 1.16 bits per heavy atom. The van der Waals surface area contributed by atoms with Crippen molar-refractivity contribution >= 4 is 22.5 Å². The summed E-state index contributed by atoms with van der Waals surface area (Å²) in [6.45, 7) is 3.93. The smallest absolute Gasteiger partial charge is 0.248 e. The molecule has 158 valence electrons. The maximum Gasteiger partial charge on any atom is 0.248 e. The summed E-state index contributed by atoms with van der Waals surface area (Å²) >= 11 is 6.62. The number of nitrogens with zero attached hydrogens (tertiary/aromatic N) is 2. The van der Waals surface area contributed by atoms with Gasteiger partial charge in [-0.3, -0.25) is 9.69 Å². The monoisotopic (exact) mass is 437 g/mol. The highest BCUT2D eigenvalue weighted by molar-refractivity contribution is 6.32. The number of hydrogen-bond donors (Lipinski definition) is 1. The van der Waals surface area contributed by atoms with Crippen molar-refractivity contribution in [2.45, 2.75) is 19.5 Å². The topological polar surface area (TPSA) is 50.3 Å². The number of H-pyrrole nitrogens is 1. The summed E-state index contributed by atoms with van der Waals surface area (Å²) in [4.78, 5) is 16.7. The highest BCUT2D eigenvalue weighted by Crippen LogP contribution is 2.36. The molecule has 0 bridgehead atoms. The van der Waals surface area contributed by atoms with Crippen LogP contribution in [0.4, 0.5) is 4.39 Å². The van der Waals surface area contributed by atoms with E-state index in [1.807, 2.05) is 29.0 Å². The van der Waals surface area contributed by atoms with Gasteiger partial charge in [-0.1, -0.05) is 11.6 Å². The Labute approximate surface area is 183 Å². The van der Waals surface area contributed by atoms with Gasteiger partial charge in [-0.05, 0) is 55.0 Å². The van der Waals surface area contributed by atoms with E-state index < -0.39 is 0 Å². The minimum absolute atomic E-state index is 0.0367. The van der Waals surface area contributed by atoms with Crippen molar-refractivity contribution in [3.05, 3.63) is 93.2 Å². The summed E-state index contributed by atoms with van der Waals surface area (Å²) in [5.74, 6) is 0.427. The number of aromatic amines is 1. The Hall–Kier alpha value is -3.09. The zero-order valence-electron chi connectivity index (χ0n) is 16.9. The molecule has 3 heterocycles. The zero-order chi connectivity index (χ0) is 21.5. The Kier molecular flexibility index (Phi) is 5.04. The van der Waals surface area contributed by atoms with Crippen molar-refractivity contribution in [2.75, 3.05) is 13.2 Å². The molecule has 0 radical (unpaired) electrons. The van der Waals surface area contributed by atoms with Gasteiger partial charge in [0, 0.05) is 54.2 Å². The van der Waals surface area contributed by atoms with Gasteiger partial charge in [0.1, 0.15) is 18.2 Å². The molecule has 1 unspecified atom stereocenters. The molecular weight excluding hydrogens is 417 g/mol. The van der Waals surface area contributed by atoms with Gasteiger partial charge in [-0.15, -0.1) is 0 Å². The summed E-state index contributed by atoms with van der Waals surface area (Å²) in [7, 11) is 0. The highest BCUT2D eigenvalue weighted by Gasteiger charge is 2.24. The highest BCUT2D eigenvalue weighted by atomic mass is 35.5. The van der Waals surface area contributed by atoms with Gasteiger partial charge >= 0.3 is 0 Å². The number of pyridine rings is 1. The summed E-state index contributed by atoms with van der Waals surface area (Å²) in [5.41, 5.74) is 3.60. The van der Waals surface area contributed by atoms with Crippen LogP contribution < -0.4 is 10.3 Å². The number of ether oxygens (including phenoxy) is 1. The Morgan fingerprint density at radius 3 is 2.87 bits per heavy atom. The van der Waals surface area contributed by atoms with E-state index in [2.05, 4.69) is 22.9 Å². The second kappa shape index (κ2) is 7.87. The number of benzene rings is 2. The van der Waals surface area contributed by atoms with Crippen molar-refractivity contribution < 1.29 is 9.13 Å². The van der Waals surface area contributed by atoms with Gasteiger partial charge in [0.15, 0.2) is 0 Å². The van der Waals surface area contributed by atoms with Crippen LogP contribution in [0.25, 0.3) is 16.6 Å². The van der Waals surface area contributed by atoms with Gasteiger partial charge in [0.25, 0.3) is 0 Å². The number of rotatable bonds is 3. The SMILES string of the molecule is CC(c1cc[nH]c(=O)c1)N1CCOc2c(Cl)cc(-n3ccc4cc(F)ccc43)cc2C1. The molecule has 0 amide bonds. The summed E-state index contributed by atoms with van der Waals surface area (Å²) < 4.78 is 21.6. The molecule has 0 fully saturated rings. The Morgan fingerprint density at radius 2 is 2.03 bits per heavy atom. The van der Waals surface area contributed by atoms with Crippen LogP contribution in [0.2, 0.25) is 5.02 Å². The van der Waals surface area contributed by atoms with E-state index in [9.17, 15) is 9.18 Å². The average Bonchev–Trinajstić information content (AvgIpc) is 3.04. The number of aromatic nitrogens is 2. The second-order valence-electron chi connectivity index (χ2n) is 7.79. The fourth-order valence-corrected chi connectivity index (χ4v) is 4.50. The Balaban J connectivity index is 1.53. The van der Waals surface area contributed by atoms with Crippen LogP contribution in [0.15, 0.2) is 65.7 Å². The van der Waals surface area contributed by atoms with Gasteiger partial charge in [-0.2, -0.15) is 0 Å². The lowest BCUT2D eigenvalue weighted by Crippen LogP contribution is -2.29. The normalized spacial score (nSPS) is 15.3. The first-order valence-corrected chi connectivity index (χ1v) is 10.5. The summed E-state index contributed by atoms with van der Waals surface area (Å²) in [6.07, 6.45) is 3.59. The van der Waals surface area contributed by atoms with Crippen LogP contribution in [-0.2, 0) is 6.54 Å². The molecule has 2 aromatic carbocycles. The van der Waals surface area contributed by atoms with E-state index in [1.54, 1.807) is 18.3 Å². The first-order valence-electron chi connectivity index (χ1n) is 10.1. The van der Waals surface area contributed by atoms with E-state index in [-0.39, 0.29) is 17.4 Å². The molecule has 1 atom stereocenters. The molecule has 5 nitrogen and oxygen atoms in total. The third-order valence-corrected chi connectivity index (χ3v) is 6.14. The quantitative estimate of drug-likeness (QED) is 0.487. The average molecular weight is 438 g/mol. The van der Waals surface area contributed by atoms with Crippen molar-refractivity contribution in [3.63, 3.8) is 0 Å². The zero-order valence-corrected chi connectivity index (χ0v) is 17.7. The molecule has 0 saturated carbocycles. The number of halogens is 2. The summed E-state index contributed by atoms with van der Waals surface area (Å²) in [5, 5.41) is 1.37. The van der Waals surface area contributed by atoms with Crippen molar-refractivity contribution in [1.29, 1.82) is 0 Å². The number of fused-ring (bicyclic) bond motifs is 2. The van der Waals surface area contributed by atoms with Gasteiger partial charge in [-0.25, -0.2) is 4.39 Å². The van der Waals surface area contributed by atoms with Gasteiger partial charge in [0.2, 0.25) is 5.56 Å². The molecule has 1 aliphatic rings. The van der Waals surface area contributed by atoms with E-state index >= 15 is 0 Å². The first kappa shape index (κ1) is 19.8. The lowest BCUT2D eigenvalue weighted by Gasteiger charge is -2.27. The molecule has 1 aliphatic heterocycles. The van der Waals surface area contributed by atoms with E-state index in [0.717, 1.165) is 27.7 Å². The molecule has 0 spiro atoms. The van der Waals surface area contributed by atoms with E-state index in [4.69, 9.17) is 16.3 Å². The van der Waals surface area contributed by atoms with Crippen LogP contribution in [0, 0.1) is 5.82 Å². The van der Waals surface area contributed by atoms with Crippen LogP contribution in [0.5, 0.6) is 5.75 Å². The summed E-state index contributed by atoms with van der Waals surface area (Å²) in [6, 6.07) is 14.2. The fraction of sp³-hybridized carbons (Fsp3) is 0.208. The predicted octanol–water partition coefficient (Wildman–Crippen LogP) is 5.07. The molecule has 1 N–H and O–H groups in total. The lowest BCUT2D eigenvalue weighted by atomic mass is 10.1. The lowest BCUT2D eigenvalue weighted by molar-refractivity contribution is 0.179. The minimum Gasteiger partial charge on any atom is -0.490 e. The van der Waals surface area contributed by atoms with Crippen molar-refractivity contribution in [2.24, 2.45) is 0 Å². The van der Waals surface area contributed by atoms with E-state index in [1.165, 1.54) is 12.1 Å². The van der Waals surface area contributed by atoms with Crippen LogP contribution in [0.3, 0.4) is 0 Å². The van der Waals surface area contributed by atoms with Crippen molar-refractivity contribution in [3.8, 4) is 11.4 Å². The predicted molar refractivity (Wildman–Crippen MR) is 120 cm³/mol. The van der Waals surface area contributed by atoms with Crippen LogP contribution >= 0.6 is 11.6 Å². The molecule has 31 heavy (non-hydrogen) atoms. The Bertz CT molecular complexity index is 1330. The molecule has 0 saturated heterocycles. The molecular formula is C24H21ClFN3O2. The minimum atomic E-state index is -0.261. The van der Waals surface area contributed by atoms with E-state index in [0.29, 0.717) is 30.5 Å². The van der Waals surface area contributed by atoms with Crippen molar-refractivity contribution in [1.82, 2.24) is 14.5 Å². The third kappa shape index (κ3) is 3.73. The third-order valence-electron chi connectivity index (χ3n) is 5.86. The molecule has 4 aromatic rings. The maximum absolute atomic E-state index is 13.6. The number of hydrogen-bond acceptors (Lipinski definition) is 3. The molecule has 0 aliphatic carbocycles. The standard InChI is InChI=1S/C24H21ClFN3O2/c1-15(16-4-6-27-23(30)12-16)28-8-9-31-24-18(14-28)11-20(13-21(24)25)29-7-5-17-10-19(26)2-3-22(17)29/h2-7,10-13,15H,8-9,14H2,1H3,(H,27,30). The van der Waals surface area contributed by atoms with Crippen LogP contribution in [-0.4, -0.2) is 27.6 Å². The number of nitrogens with one attached hydrogen (secondary N) is 1.